The fourth-order valence-electron chi connectivity index (χ4n) is 4.56. The summed E-state index contributed by atoms with van der Waals surface area (Å²) in [6, 6.07) is 6.84. The molecule has 52 heavy (non-hydrogen) atoms. The second-order valence-corrected chi connectivity index (χ2v) is 13.8. The lowest BCUT2D eigenvalue weighted by Gasteiger charge is -2.44. The van der Waals surface area contributed by atoms with E-state index in [1.165, 1.54) is 30.3 Å². The number of nitrogens with one attached hydrogen (secondary N) is 3. The van der Waals surface area contributed by atoms with Crippen molar-refractivity contribution in [2.75, 3.05) is 23.2 Å². The summed E-state index contributed by atoms with van der Waals surface area (Å²) >= 11 is 0.691. The standard InChI is InChI=1S/C32H37N5O13S2/c1-8-13-34-31(24(14-33)29(42)35-22-9-11-23(12-10-22)52(43,44)37-30-16(2)17(3)36-50-30)51-32-28(48-21(7)41)27(47-20(6)40)26(46-19(5)39)25(49-32)15-45-18(4)38/h8-12,25-28,32,34,37H,1,13,15H2,2-7H3,(H,35,42)/b31-24+/t25-,26+,27+,28-,32+/m1/s1. The van der Waals surface area contributed by atoms with Crippen LogP contribution in [0.5, 0.6) is 0 Å². The molecule has 1 aliphatic heterocycles. The van der Waals surface area contributed by atoms with Crippen molar-refractivity contribution in [3.05, 3.63) is 58.8 Å². The van der Waals surface area contributed by atoms with Crippen molar-refractivity contribution in [1.29, 1.82) is 5.26 Å². The van der Waals surface area contributed by atoms with Crippen molar-refractivity contribution in [3.63, 3.8) is 0 Å². The number of sulfonamides is 1. The molecule has 5 atom stereocenters. The quantitative estimate of drug-likeness (QED) is 0.0774. The number of esters is 4. The fourth-order valence-corrected chi connectivity index (χ4v) is 6.81. The number of aryl methyl sites for hydroxylation is 1. The predicted molar refractivity (Wildman–Crippen MR) is 182 cm³/mol. The molecule has 0 spiro atoms. The molecule has 0 unspecified atom stereocenters. The molecule has 1 aromatic heterocycles. The van der Waals surface area contributed by atoms with Crippen molar-refractivity contribution < 1.29 is 60.6 Å². The number of carbonyl (C=O) groups is 5. The summed E-state index contributed by atoms with van der Waals surface area (Å²) in [5, 5.41) is 19.2. The van der Waals surface area contributed by atoms with E-state index in [1.54, 1.807) is 13.8 Å². The van der Waals surface area contributed by atoms with Gasteiger partial charge >= 0.3 is 23.9 Å². The Labute approximate surface area is 303 Å². The molecular formula is C32H37N5O13S2. The van der Waals surface area contributed by atoms with E-state index >= 15 is 0 Å². The number of benzene rings is 1. The van der Waals surface area contributed by atoms with Gasteiger partial charge in [-0.2, -0.15) is 5.26 Å². The zero-order valence-electron chi connectivity index (χ0n) is 28.9. The van der Waals surface area contributed by atoms with Crippen LogP contribution in [0.1, 0.15) is 39.0 Å². The minimum Gasteiger partial charge on any atom is -0.463 e. The molecule has 3 rings (SSSR count). The maximum absolute atomic E-state index is 13.5. The Morgan fingerprint density at radius 1 is 0.962 bits per heavy atom. The summed E-state index contributed by atoms with van der Waals surface area (Å²) in [6.07, 6.45) is -4.24. The molecule has 0 bridgehead atoms. The number of hydrogen-bond acceptors (Lipinski definition) is 17. The molecule has 18 nitrogen and oxygen atoms in total. The molecule has 0 saturated carbocycles. The van der Waals surface area contributed by atoms with E-state index in [2.05, 4.69) is 27.1 Å². The number of rotatable bonds is 15. The van der Waals surface area contributed by atoms with Gasteiger partial charge in [-0.05, 0) is 38.1 Å². The first-order valence-electron chi connectivity index (χ1n) is 15.3. The molecule has 0 radical (unpaired) electrons. The van der Waals surface area contributed by atoms with E-state index in [1.807, 2.05) is 6.07 Å². The molecule has 3 N–H and O–H groups in total. The number of ether oxygens (including phenoxy) is 5. The van der Waals surface area contributed by atoms with Crippen LogP contribution in [-0.4, -0.2) is 86.4 Å². The molecule has 0 aliphatic carbocycles. The number of aromatic nitrogens is 1. The van der Waals surface area contributed by atoms with E-state index in [-0.39, 0.29) is 28.0 Å². The Morgan fingerprint density at radius 2 is 1.56 bits per heavy atom. The molecule has 1 aromatic carbocycles. The Bertz CT molecular complexity index is 1870. The number of carbonyl (C=O) groups excluding carboxylic acids is 5. The number of hydrogen-bond donors (Lipinski definition) is 3. The highest BCUT2D eigenvalue weighted by molar-refractivity contribution is 8.03. The third-order valence-corrected chi connectivity index (χ3v) is 9.50. The van der Waals surface area contributed by atoms with Crippen LogP contribution >= 0.6 is 11.8 Å². The molecule has 1 saturated heterocycles. The Balaban J connectivity index is 1.98. The highest BCUT2D eigenvalue weighted by atomic mass is 32.2. The molecule has 2 heterocycles. The molecule has 1 amide bonds. The third kappa shape index (κ3) is 11.1. The number of anilines is 2. The molecular weight excluding hydrogens is 727 g/mol. The molecule has 2 aromatic rings. The smallest absolute Gasteiger partial charge is 0.303 e. The molecule has 20 heteroatoms. The van der Waals surface area contributed by atoms with Crippen LogP contribution < -0.4 is 15.4 Å². The normalized spacial score (nSPS) is 20.2. The summed E-state index contributed by atoms with van der Waals surface area (Å²) < 4.78 is 60.7. The first-order valence-corrected chi connectivity index (χ1v) is 17.7. The maximum atomic E-state index is 13.5. The van der Waals surface area contributed by atoms with E-state index in [0.29, 0.717) is 23.0 Å². The molecule has 1 aliphatic rings. The Hall–Kier alpha value is -5.39. The van der Waals surface area contributed by atoms with Crippen LogP contribution in [0, 0.1) is 25.2 Å². The summed E-state index contributed by atoms with van der Waals surface area (Å²) in [6.45, 7) is 10.8. The van der Waals surface area contributed by atoms with Gasteiger partial charge in [0.25, 0.3) is 15.9 Å². The van der Waals surface area contributed by atoms with Gasteiger partial charge in [0.15, 0.2) is 23.7 Å². The first-order chi connectivity index (χ1) is 24.5. The van der Waals surface area contributed by atoms with Gasteiger partial charge in [0, 0.05) is 45.5 Å². The van der Waals surface area contributed by atoms with E-state index < -0.39 is 81.8 Å². The lowest BCUT2D eigenvalue weighted by Crippen LogP contribution is -2.61. The van der Waals surface area contributed by atoms with Crippen LogP contribution in [0.25, 0.3) is 0 Å². The summed E-state index contributed by atoms with van der Waals surface area (Å²) in [4.78, 5) is 61.5. The predicted octanol–water partition coefficient (Wildman–Crippen LogP) is 2.36. The van der Waals surface area contributed by atoms with Gasteiger partial charge < -0.3 is 38.8 Å². The zero-order chi connectivity index (χ0) is 38.7. The minimum atomic E-state index is -4.10. The van der Waals surface area contributed by atoms with Crippen molar-refractivity contribution in [1.82, 2.24) is 10.5 Å². The van der Waals surface area contributed by atoms with Crippen molar-refractivity contribution in [3.8, 4) is 6.07 Å². The zero-order valence-corrected chi connectivity index (χ0v) is 30.5. The highest BCUT2D eigenvalue weighted by Gasteiger charge is 2.53. The second-order valence-electron chi connectivity index (χ2n) is 11.0. The highest BCUT2D eigenvalue weighted by Crippen LogP contribution is 2.38. The van der Waals surface area contributed by atoms with Crippen LogP contribution in [0.2, 0.25) is 0 Å². The van der Waals surface area contributed by atoms with Gasteiger partial charge in [0.1, 0.15) is 24.4 Å². The van der Waals surface area contributed by atoms with Crippen LogP contribution in [0.4, 0.5) is 11.6 Å². The monoisotopic (exact) mass is 763 g/mol. The first kappa shape index (κ1) is 41.0. The molecule has 1 fully saturated rings. The Morgan fingerprint density at radius 3 is 2.08 bits per heavy atom. The van der Waals surface area contributed by atoms with Crippen LogP contribution in [0.15, 0.2) is 56.9 Å². The lowest BCUT2D eigenvalue weighted by atomic mass is 9.99. The van der Waals surface area contributed by atoms with Crippen molar-refractivity contribution >= 4 is 63.1 Å². The SMILES string of the molecule is C=CCN/C(S[C@@H]1O[C@H](COC(C)=O)[C@H](OC(C)=O)[C@H](OC(C)=O)[C@H]1OC(C)=O)=C(/C#N)C(=O)Nc1ccc(S(=O)(=O)Nc2onc(C)c2C)cc1. The van der Waals surface area contributed by atoms with Crippen LogP contribution in [-0.2, 0) is 57.7 Å². The van der Waals surface area contributed by atoms with Crippen LogP contribution in [0.3, 0.4) is 0 Å². The number of amides is 1. The van der Waals surface area contributed by atoms with E-state index in [9.17, 15) is 37.7 Å². The lowest BCUT2D eigenvalue weighted by molar-refractivity contribution is -0.237. The van der Waals surface area contributed by atoms with Gasteiger partial charge in [0.2, 0.25) is 5.88 Å². The second kappa shape index (κ2) is 18.2. The molecule has 280 valence electrons. The topological polar surface area (TPSA) is 252 Å². The van der Waals surface area contributed by atoms with Crippen molar-refractivity contribution in [2.45, 2.75) is 76.3 Å². The van der Waals surface area contributed by atoms with Gasteiger partial charge in [-0.1, -0.05) is 23.0 Å². The number of nitrogens with zero attached hydrogens (tertiary/aromatic N) is 2. The summed E-state index contributed by atoms with van der Waals surface area (Å²) in [5.74, 6) is -4.19. The number of nitriles is 1. The summed E-state index contributed by atoms with van der Waals surface area (Å²) in [7, 11) is -4.10. The van der Waals surface area contributed by atoms with Gasteiger partial charge in [-0.3, -0.25) is 24.0 Å². The fraction of sp³-hybridized carbons (Fsp3) is 0.406. The minimum absolute atomic E-state index is 0.0236. The van der Waals surface area contributed by atoms with Gasteiger partial charge in [0.05, 0.1) is 15.6 Å². The van der Waals surface area contributed by atoms with E-state index in [0.717, 1.165) is 27.7 Å². The third-order valence-electron chi connectivity index (χ3n) is 6.96. The largest absolute Gasteiger partial charge is 0.463 e. The summed E-state index contributed by atoms with van der Waals surface area (Å²) in [5.41, 5.74) is -0.729. The van der Waals surface area contributed by atoms with E-state index in [4.69, 9.17) is 28.2 Å². The maximum Gasteiger partial charge on any atom is 0.303 e. The van der Waals surface area contributed by atoms with Gasteiger partial charge in [-0.15, -0.1) is 6.58 Å². The average molecular weight is 764 g/mol. The van der Waals surface area contributed by atoms with Crippen molar-refractivity contribution in [2.24, 2.45) is 0 Å². The number of thioether (sulfide) groups is 1. The average Bonchev–Trinajstić information content (AvgIpc) is 3.36. The Kier molecular flexibility index (Phi) is 14.4. The van der Waals surface area contributed by atoms with Gasteiger partial charge in [-0.25, -0.2) is 13.1 Å².